The van der Waals surface area contributed by atoms with Crippen LogP contribution in [0.25, 0.3) is 0 Å². The van der Waals surface area contributed by atoms with E-state index < -0.39 is 0 Å². The summed E-state index contributed by atoms with van der Waals surface area (Å²) in [6.45, 7) is 1.82. The maximum absolute atomic E-state index is 11.9. The second-order valence-electron chi connectivity index (χ2n) is 3.35. The smallest absolute Gasteiger partial charge is 0.257 e. The Morgan fingerprint density at radius 3 is 2.76 bits per heavy atom. The molecule has 1 amide bonds. The number of benzene rings is 1. The summed E-state index contributed by atoms with van der Waals surface area (Å²) in [6, 6.07) is 5.03. The Labute approximate surface area is 110 Å². The van der Waals surface area contributed by atoms with Crippen molar-refractivity contribution in [3.63, 3.8) is 0 Å². The highest BCUT2D eigenvalue weighted by molar-refractivity contribution is 9.10. The van der Waals surface area contributed by atoms with E-state index >= 15 is 0 Å². The van der Waals surface area contributed by atoms with Gasteiger partial charge in [-0.25, -0.2) is 0 Å². The molecule has 7 heteroatoms. The molecular formula is C10H9BrN4OS. The largest absolute Gasteiger partial charge is 0.399 e. The summed E-state index contributed by atoms with van der Waals surface area (Å²) >= 11 is 4.61. The zero-order valence-electron chi connectivity index (χ0n) is 8.90. The first-order valence-electron chi connectivity index (χ1n) is 4.72. The number of nitrogen functional groups attached to an aromatic ring is 1. The highest BCUT2D eigenvalue weighted by Gasteiger charge is 2.10. The number of halogens is 1. The minimum Gasteiger partial charge on any atom is -0.399 e. The van der Waals surface area contributed by atoms with E-state index in [9.17, 15) is 4.79 Å². The number of amides is 1. The Hall–Kier alpha value is -1.47. The monoisotopic (exact) mass is 312 g/mol. The van der Waals surface area contributed by atoms with Crippen molar-refractivity contribution in [1.82, 2.24) is 10.2 Å². The predicted molar refractivity (Wildman–Crippen MR) is 71.2 cm³/mol. The van der Waals surface area contributed by atoms with E-state index in [1.165, 1.54) is 11.3 Å². The first-order valence-corrected chi connectivity index (χ1v) is 6.33. The number of carbonyl (C=O) groups excluding carboxylic acids is 1. The number of anilines is 2. The third-order valence-electron chi connectivity index (χ3n) is 1.93. The van der Waals surface area contributed by atoms with Gasteiger partial charge in [-0.15, -0.1) is 10.2 Å². The summed E-state index contributed by atoms with van der Waals surface area (Å²) < 4.78 is 0.760. The van der Waals surface area contributed by atoms with Gasteiger partial charge in [-0.1, -0.05) is 27.3 Å². The third-order valence-corrected chi connectivity index (χ3v) is 3.14. The fourth-order valence-corrected chi connectivity index (χ4v) is 2.36. The molecule has 0 atom stereocenters. The molecule has 0 unspecified atom stereocenters. The number of hydrogen-bond acceptors (Lipinski definition) is 5. The minimum atomic E-state index is -0.255. The fraction of sp³-hybridized carbons (Fsp3) is 0.100. The Morgan fingerprint density at radius 2 is 2.18 bits per heavy atom. The molecule has 0 fully saturated rings. The van der Waals surface area contributed by atoms with Crippen LogP contribution in [0, 0.1) is 6.92 Å². The molecule has 2 aromatic rings. The van der Waals surface area contributed by atoms with E-state index in [4.69, 9.17) is 5.73 Å². The van der Waals surface area contributed by atoms with Gasteiger partial charge in [0.05, 0.1) is 0 Å². The van der Waals surface area contributed by atoms with Crippen LogP contribution >= 0.6 is 27.3 Å². The van der Waals surface area contributed by atoms with E-state index in [1.54, 1.807) is 18.2 Å². The van der Waals surface area contributed by atoms with Crippen LogP contribution in [0.3, 0.4) is 0 Å². The van der Waals surface area contributed by atoms with Gasteiger partial charge in [0.25, 0.3) is 5.91 Å². The molecule has 3 N–H and O–H groups in total. The van der Waals surface area contributed by atoms with Gasteiger partial charge in [0.2, 0.25) is 5.13 Å². The van der Waals surface area contributed by atoms with Gasteiger partial charge in [0.1, 0.15) is 5.01 Å². The molecular weight excluding hydrogens is 304 g/mol. The van der Waals surface area contributed by atoms with Crippen molar-refractivity contribution in [1.29, 1.82) is 0 Å². The van der Waals surface area contributed by atoms with E-state index in [-0.39, 0.29) is 5.91 Å². The number of aromatic nitrogens is 2. The average Bonchev–Trinajstić information content (AvgIpc) is 2.62. The van der Waals surface area contributed by atoms with Crippen LogP contribution < -0.4 is 11.1 Å². The number of rotatable bonds is 2. The third kappa shape index (κ3) is 3.01. The Morgan fingerprint density at radius 1 is 1.41 bits per heavy atom. The SMILES string of the molecule is Cc1nnc(NC(=O)c2cc(N)cc(Br)c2)s1. The molecule has 0 radical (unpaired) electrons. The van der Waals surface area contributed by atoms with Gasteiger partial charge in [-0.05, 0) is 25.1 Å². The van der Waals surface area contributed by atoms with Crippen LogP contribution in [0.2, 0.25) is 0 Å². The van der Waals surface area contributed by atoms with Gasteiger partial charge in [-0.2, -0.15) is 0 Å². The summed E-state index contributed by atoms with van der Waals surface area (Å²) in [4.78, 5) is 11.9. The van der Waals surface area contributed by atoms with Crippen LogP contribution in [0.4, 0.5) is 10.8 Å². The molecule has 0 aliphatic heterocycles. The van der Waals surface area contributed by atoms with Crippen LogP contribution in [0.15, 0.2) is 22.7 Å². The number of nitrogens with zero attached hydrogens (tertiary/aromatic N) is 2. The Kier molecular flexibility index (Phi) is 3.39. The van der Waals surface area contributed by atoms with Crippen LogP contribution in [0.5, 0.6) is 0 Å². The highest BCUT2D eigenvalue weighted by atomic mass is 79.9. The molecule has 88 valence electrons. The van der Waals surface area contributed by atoms with E-state index in [0.29, 0.717) is 16.4 Å². The zero-order valence-corrected chi connectivity index (χ0v) is 11.3. The van der Waals surface area contributed by atoms with Crippen molar-refractivity contribution < 1.29 is 4.79 Å². The molecule has 0 aliphatic carbocycles. The normalized spacial score (nSPS) is 10.2. The zero-order chi connectivity index (χ0) is 12.4. The Balaban J connectivity index is 2.19. The summed E-state index contributed by atoms with van der Waals surface area (Å²) in [5.74, 6) is -0.255. The second kappa shape index (κ2) is 4.80. The molecule has 17 heavy (non-hydrogen) atoms. The maximum Gasteiger partial charge on any atom is 0.257 e. The lowest BCUT2D eigenvalue weighted by atomic mass is 10.2. The topological polar surface area (TPSA) is 80.9 Å². The number of nitrogens with one attached hydrogen (secondary N) is 1. The van der Waals surface area contributed by atoms with Gasteiger partial charge in [0.15, 0.2) is 0 Å². The molecule has 0 spiro atoms. The molecule has 0 bridgehead atoms. The van der Waals surface area contributed by atoms with Crippen LogP contribution in [-0.4, -0.2) is 16.1 Å². The summed E-state index contributed by atoms with van der Waals surface area (Å²) in [7, 11) is 0. The number of carbonyl (C=O) groups is 1. The maximum atomic E-state index is 11.9. The van der Waals surface area contributed by atoms with Gasteiger partial charge in [-0.3, -0.25) is 10.1 Å². The molecule has 1 heterocycles. The number of nitrogens with two attached hydrogens (primary N) is 1. The second-order valence-corrected chi connectivity index (χ2v) is 5.45. The number of aryl methyl sites for hydroxylation is 1. The summed E-state index contributed by atoms with van der Waals surface area (Å²) in [5.41, 5.74) is 6.66. The van der Waals surface area contributed by atoms with Crippen molar-refractivity contribution in [2.24, 2.45) is 0 Å². The lowest BCUT2D eigenvalue weighted by Crippen LogP contribution is -2.12. The predicted octanol–water partition coefficient (Wildman–Crippen LogP) is 2.44. The van der Waals surface area contributed by atoms with Crippen molar-refractivity contribution >= 4 is 44.0 Å². The van der Waals surface area contributed by atoms with E-state index in [2.05, 4.69) is 31.4 Å². The standard InChI is InChI=1S/C10H9BrN4OS/c1-5-14-15-10(17-5)13-9(16)6-2-7(11)4-8(12)3-6/h2-4H,12H2,1H3,(H,13,15,16). The number of hydrogen-bond donors (Lipinski definition) is 2. The fourth-order valence-electron chi connectivity index (χ4n) is 1.26. The summed E-state index contributed by atoms with van der Waals surface area (Å²) in [5, 5.41) is 11.6. The van der Waals surface area contributed by atoms with Crippen molar-refractivity contribution in [3.8, 4) is 0 Å². The van der Waals surface area contributed by atoms with Crippen molar-refractivity contribution in [2.45, 2.75) is 6.92 Å². The quantitative estimate of drug-likeness (QED) is 0.835. The average molecular weight is 313 g/mol. The molecule has 2 rings (SSSR count). The molecule has 0 saturated heterocycles. The van der Waals surface area contributed by atoms with Crippen LogP contribution in [-0.2, 0) is 0 Å². The first kappa shape index (κ1) is 12.0. The molecule has 1 aromatic carbocycles. The van der Waals surface area contributed by atoms with E-state index in [1.807, 2.05) is 6.92 Å². The van der Waals surface area contributed by atoms with Gasteiger partial charge < -0.3 is 5.73 Å². The first-order chi connectivity index (χ1) is 8.04. The lowest BCUT2D eigenvalue weighted by molar-refractivity contribution is 0.102. The molecule has 0 aliphatic rings. The van der Waals surface area contributed by atoms with Crippen molar-refractivity contribution in [3.05, 3.63) is 33.2 Å². The van der Waals surface area contributed by atoms with Gasteiger partial charge >= 0.3 is 0 Å². The lowest BCUT2D eigenvalue weighted by Gasteiger charge is -2.03. The summed E-state index contributed by atoms with van der Waals surface area (Å²) in [6.07, 6.45) is 0. The molecule has 0 saturated carbocycles. The van der Waals surface area contributed by atoms with Crippen LogP contribution in [0.1, 0.15) is 15.4 Å². The molecule has 1 aromatic heterocycles. The highest BCUT2D eigenvalue weighted by Crippen LogP contribution is 2.19. The Bertz CT molecular complexity index is 549. The molecule has 5 nitrogen and oxygen atoms in total. The van der Waals surface area contributed by atoms with Gasteiger partial charge in [0, 0.05) is 15.7 Å². The van der Waals surface area contributed by atoms with E-state index in [0.717, 1.165) is 9.48 Å². The minimum absolute atomic E-state index is 0.255. The van der Waals surface area contributed by atoms with Crippen molar-refractivity contribution in [2.75, 3.05) is 11.1 Å².